The number of hydrogen-bond acceptors (Lipinski definition) is 5. The van der Waals surface area contributed by atoms with Crippen molar-refractivity contribution in [1.82, 2.24) is 0 Å². The Morgan fingerprint density at radius 2 is 1.61 bits per heavy atom. The van der Waals surface area contributed by atoms with Crippen LogP contribution in [0.3, 0.4) is 0 Å². The van der Waals surface area contributed by atoms with Crippen LogP contribution in [-0.2, 0) is 9.53 Å². The predicted octanol–water partition coefficient (Wildman–Crippen LogP) is 4.71. The summed E-state index contributed by atoms with van der Waals surface area (Å²) in [6.07, 6.45) is 0. The molecule has 2 amide bonds. The van der Waals surface area contributed by atoms with Gasteiger partial charge in [0.25, 0.3) is 5.91 Å². The maximum atomic E-state index is 12.4. The average Bonchev–Trinajstić information content (AvgIpc) is 2.82. The average molecular weight is 448 g/mol. The Kier molecular flexibility index (Phi) is 8.85. The molecule has 172 valence electrons. The highest BCUT2D eigenvalue weighted by molar-refractivity contribution is 6.04. The Balaban J connectivity index is 1.48. The van der Waals surface area contributed by atoms with E-state index in [1.54, 1.807) is 30.3 Å². The molecule has 0 radical (unpaired) electrons. The maximum absolute atomic E-state index is 12.4. The number of amides is 2. The van der Waals surface area contributed by atoms with E-state index in [0.717, 1.165) is 11.3 Å². The van der Waals surface area contributed by atoms with E-state index in [0.29, 0.717) is 42.5 Å². The standard InChI is InChI=1S/C26H29N3O4/c1-3-32-15-16-33-24-10-5-4-9-23(24)29-25(30)18-27-21-11-13-22(14-12-21)28-26(31)20-8-6-7-19(2)17-20/h4-14,17,27H,3,15-16,18H2,1-2H3,(H,28,31)(H,29,30). The molecule has 33 heavy (non-hydrogen) atoms. The zero-order valence-electron chi connectivity index (χ0n) is 18.9. The highest BCUT2D eigenvalue weighted by Crippen LogP contribution is 2.23. The molecule has 7 nitrogen and oxygen atoms in total. The largest absolute Gasteiger partial charge is 0.489 e. The van der Waals surface area contributed by atoms with Crippen LogP contribution in [-0.4, -0.2) is 38.2 Å². The first-order chi connectivity index (χ1) is 16.0. The highest BCUT2D eigenvalue weighted by Gasteiger charge is 2.09. The first-order valence-corrected chi connectivity index (χ1v) is 10.9. The van der Waals surface area contributed by atoms with Gasteiger partial charge in [0.15, 0.2) is 0 Å². The number of para-hydroxylation sites is 2. The fourth-order valence-corrected chi connectivity index (χ4v) is 3.09. The Bertz CT molecular complexity index is 1070. The molecule has 0 fully saturated rings. The Hall–Kier alpha value is -3.84. The fraction of sp³-hybridized carbons (Fsp3) is 0.231. The van der Waals surface area contributed by atoms with Gasteiger partial charge in [0.2, 0.25) is 5.91 Å². The lowest BCUT2D eigenvalue weighted by molar-refractivity contribution is -0.114. The number of carbonyl (C=O) groups excluding carboxylic acids is 2. The number of benzene rings is 3. The van der Waals surface area contributed by atoms with Crippen LogP contribution in [0.25, 0.3) is 0 Å². The molecule has 0 aliphatic rings. The van der Waals surface area contributed by atoms with E-state index in [1.165, 1.54) is 0 Å². The summed E-state index contributed by atoms with van der Waals surface area (Å²) in [6.45, 7) is 5.49. The van der Waals surface area contributed by atoms with Gasteiger partial charge in [-0.3, -0.25) is 9.59 Å². The van der Waals surface area contributed by atoms with E-state index in [4.69, 9.17) is 9.47 Å². The molecule has 0 unspecified atom stereocenters. The molecule has 0 saturated heterocycles. The van der Waals surface area contributed by atoms with Crippen LogP contribution in [0.1, 0.15) is 22.8 Å². The zero-order chi connectivity index (χ0) is 23.5. The van der Waals surface area contributed by atoms with Crippen molar-refractivity contribution in [1.29, 1.82) is 0 Å². The summed E-state index contributed by atoms with van der Waals surface area (Å²) >= 11 is 0. The third kappa shape index (κ3) is 7.66. The number of rotatable bonds is 11. The van der Waals surface area contributed by atoms with Crippen molar-refractivity contribution in [2.45, 2.75) is 13.8 Å². The Labute approximate surface area is 194 Å². The smallest absolute Gasteiger partial charge is 0.255 e. The normalized spacial score (nSPS) is 10.4. The van der Waals surface area contributed by atoms with E-state index in [1.807, 2.05) is 56.3 Å². The summed E-state index contributed by atoms with van der Waals surface area (Å²) in [5, 5.41) is 8.81. The number of aryl methyl sites for hydroxylation is 1. The van der Waals surface area contributed by atoms with Crippen LogP contribution in [0.5, 0.6) is 5.75 Å². The van der Waals surface area contributed by atoms with Crippen LogP contribution in [0.4, 0.5) is 17.1 Å². The molecule has 0 aromatic heterocycles. The molecule has 0 saturated carbocycles. The van der Waals surface area contributed by atoms with Gasteiger partial charge >= 0.3 is 0 Å². The summed E-state index contributed by atoms with van der Waals surface area (Å²) in [5.74, 6) is 0.230. The molecule has 3 aromatic carbocycles. The summed E-state index contributed by atoms with van der Waals surface area (Å²) in [6, 6.07) is 21.9. The molecular formula is C26H29N3O4. The van der Waals surface area contributed by atoms with Crippen molar-refractivity contribution in [2.75, 3.05) is 42.3 Å². The van der Waals surface area contributed by atoms with Gasteiger partial charge in [-0.15, -0.1) is 0 Å². The lowest BCUT2D eigenvalue weighted by Gasteiger charge is -2.13. The van der Waals surface area contributed by atoms with Crippen LogP contribution in [0.2, 0.25) is 0 Å². The summed E-state index contributed by atoms with van der Waals surface area (Å²) in [5.41, 5.74) is 3.68. The number of hydrogen-bond donors (Lipinski definition) is 3. The third-order valence-electron chi connectivity index (χ3n) is 4.73. The summed E-state index contributed by atoms with van der Waals surface area (Å²) < 4.78 is 11.0. The molecule has 3 rings (SSSR count). The number of anilines is 3. The van der Waals surface area contributed by atoms with Crippen molar-refractivity contribution in [3.05, 3.63) is 83.9 Å². The second-order valence-electron chi connectivity index (χ2n) is 7.34. The van der Waals surface area contributed by atoms with Crippen LogP contribution in [0, 0.1) is 6.92 Å². The van der Waals surface area contributed by atoms with E-state index >= 15 is 0 Å². The molecule has 0 heterocycles. The second-order valence-corrected chi connectivity index (χ2v) is 7.34. The fourth-order valence-electron chi connectivity index (χ4n) is 3.09. The molecule has 0 bridgehead atoms. The minimum Gasteiger partial charge on any atom is -0.489 e. The first kappa shape index (κ1) is 23.8. The van der Waals surface area contributed by atoms with Gasteiger partial charge < -0.3 is 25.4 Å². The SMILES string of the molecule is CCOCCOc1ccccc1NC(=O)CNc1ccc(NC(=O)c2cccc(C)c2)cc1. The number of ether oxygens (including phenoxy) is 2. The molecule has 3 N–H and O–H groups in total. The second kappa shape index (κ2) is 12.3. The van der Waals surface area contributed by atoms with Crippen molar-refractivity contribution in [3.8, 4) is 5.75 Å². The molecule has 0 aliphatic carbocycles. The molecule has 7 heteroatoms. The van der Waals surface area contributed by atoms with Gasteiger partial charge in [-0.25, -0.2) is 0 Å². The summed E-state index contributed by atoms with van der Waals surface area (Å²) in [7, 11) is 0. The van der Waals surface area contributed by atoms with E-state index in [-0.39, 0.29) is 18.4 Å². The van der Waals surface area contributed by atoms with E-state index < -0.39 is 0 Å². The molecule has 0 atom stereocenters. The lowest BCUT2D eigenvalue weighted by atomic mass is 10.1. The molecular weight excluding hydrogens is 418 g/mol. The van der Waals surface area contributed by atoms with Crippen molar-refractivity contribution in [2.24, 2.45) is 0 Å². The molecule has 0 aliphatic heterocycles. The van der Waals surface area contributed by atoms with Gasteiger partial charge in [-0.05, 0) is 62.4 Å². The van der Waals surface area contributed by atoms with E-state index in [2.05, 4.69) is 16.0 Å². The Morgan fingerprint density at radius 1 is 0.848 bits per heavy atom. The zero-order valence-corrected chi connectivity index (χ0v) is 18.9. The van der Waals surface area contributed by atoms with Gasteiger partial charge in [-0.1, -0.05) is 29.8 Å². The maximum Gasteiger partial charge on any atom is 0.255 e. The lowest BCUT2D eigenvalue weighted by Crippen LogP contribution is -2.22. The molecule has 0 spiro atoms. The first-order valence-electron chi connectivity index (χ1n) is 10.9. The number of carbonyl (C=O) groups is 2. The summed E-state index contributed by atoms with van der Waals surface area (Å²) in [4.78, 5) is 24.8. The topological polar surface area (TPSA) is 88.7 Å². The van der Waals surface area contributed by atoms with Crippen LogP contribution in [0.15, 0.2) is 72.8 Å². The minimum atomic E-state index is -0.201. The van der Waals surface area contributed by atoms with Gasteiger partial charge in [0, 0.05) is 23.5 Å². The van der Waals surface area contributed by atoms with E-state index in [9.17, 15) is 9.59 Å². The van der Waals surface area contributed by atoms with Crippen LogP contribution >= 0.6 is 0 Å². The van der Waals surface area contributed by atoms with Gasteiger partial charge in [-0.2, -0.15) is 0 Å². The van der Waals surface area contributed by atoms with Gasteiger partial charge in [0.05, 0.1) is 18.8 Å². The third-order valence-corrected chi connectivity index (χ3v) is 4.73. The van der Waals surface area contributed by atoms with Crippen molar-refractivity contribution >= 4 is 28.9 Å². The van der Waals surface area contributed by atoms with Gasteiger partial charge in [0.1, 0.15) is 12.4 Å². The quantitative estimate of drug-likeness (QED) is 0.371. The Morgan fingerprint density at radius 3 is 2.36 bits per heavy atom. The molecule has 3 aromatic rings. The highest BCUT2D eigenvalue weighted by atomic mass is 16.5. The predicted molar refractivity (Wildman–Crippen MR) is 131 cm³/mol. The van der Waals surface area contributed by atoms with Crippen molar-refractivity contribution < 1.29 is 19.1 Å². The number of nitrogens with one attached hydrogen (secondary N) is 3. The monoisotopic (exact) mass is 447 g/mol. The van der Waals surface area contributed by atoms with Crippen LogP contribution < -0.4 is 20.7 Å². The van der Waals surface area contributed by atoms with Crippen molar-refractivity contribution in [3.63, 3.8) is 0 Å². The minimum absolute atomic E-state index is 0.0856.